The molecule has 0 aromatic rings. The number of hydrogen-bond acceptors (Lipinski definition) is 3. The van der Waals surface area contributed by atoms with Gasteiger partial charge in [0.25, 0.3) is 10.1 Å². The topological polar surface area (TPSA) is 66.9 Å². The van der Waals surface area contributed by atoms with Crippen LogP contribution in [-0.2, 0) is 14.9 Å². The van der Waals surface area contributed by atoms with Crippen LogP contribution in [0.5, 0.6) is 0 Å². The van der Waals surface area contributed by atoms with Crippen LogP contribution in [0.4, 0.5) is 0 Å². The van der Waals surface area contributed by atoms with Gasteiger partial charge < -0.3 is 4.74 Å². The smallest absolute Gasteiger partial charge is 0.294 e. The van der Waals surface area contributed by atoms with E-state index in [1.165, 1.54) is 0 Å². The maximum Gasteiger partial charge on any atom is 0.294 e. The fourth-order valence-corrected chi connectivity index (χ4v) is 1.06. The highest BCUT2D eigenvalue weighted by atomic mass is 32.2. The Bertz CT molecular complexity index is 181. The molecule has 1 N–H and O–H groups in total. The van der Waals surface area contributed by atoms with Gasteiger partial charge in [0, 0.05) is 0 Å². The fraction of sp³-hybridized carbons (Fsp3) is 0.667. The Balaban J connectivity index is 2.66. The average Bonchev–Trinajstić information content (AvgIpc) is 2.13. The summed E-state index contributed by atoms with van der Waals surface area (Å²) in [6.45, 7) is 3.24. The van der Waals surface area contributed by atoms with Crippen molar-refractivity contribution in [2.45, 2.75) is 11.5 Å². The van der Waals surface area contributed by atoms with Crippen molar-refractivity contribution in [1.82, 2.24) is 0 Å². The van der Waals surface area contributed by atoms with Crippen LogP contribution >= 0.6 is 0 Å². The van der Waals surface area contributed by atoms with Crippen LogP contribution in [0.3, 0.4) is 0 Å². The molecule has 47 valence electrons. The standard InChI is InChI=1S/C3H5O4S/c1-2-3(7-2)8(4,5)6/h2-3H,1H2,(H,4,5,6). The number of rotatable bonds is 1. The monoisotopic (exact) mass is 137 g/mol. The molecule has 1 rings (SSSR count). The molecule has 2 unspecified atom stereocenters. The van der Waals surface area contributed by atoms with E-state index in [-0.39, 0.29) is 0 Å². The molecule has 8 heavy (non-hydrogen) atoms. The Morgan fingerprint density at radius 2 is 2.00 bits per heavy atom. The predicted octanol–water partition coefficient (Wildman–Crippen LogP) is -0.567. The van der Waals surface area contributed by atoms with E-state index < -0.39 is 21.7 Å². The second-order valence-corrected chi connectivity index (χ2v) is 3.05. The molecular formula is C3H5O4S. The minimum atomic E-state index is -3.96. The van der Waals surface area contributed by atoms with Gasteiger partial charge in [-0.3, -0.25) is 4.55 Å². The summed E-state index contributed by atoms with van der Waals surface area (Å²) in [7, 11) is -3.96. The molecule has 1 heterocycles. The van der Waals surface area contributed by atoms with Crippen LogP contribution < -0.4 is 0 Å². The molecule has 1 saturated heterocycles. The first-order valence-electron chi connectivity index (χ1n) is 1.96. The highest BCUT2D eigenvalue weighted by Gasteiger charge is 2.45. The largest absolute Gasteiger partial charge is 0.350 e. The third-order valence-corrected chi connectivity index (χ3v) is 1.83. The molecule has 1 aliphatic heterocycles. The van der Waals surface area contributed by atoms with E-state index in [0.717, 1.165) is 0 Å². The summed E-state index contributed by atoms with van der Waals surface area (Å²) >= 11 is 0. The molecule has 0 bridgehead atoms. The first-order valence-corrected chi connectivity index (χ1v) is 3.47. The minimum Gasteiger partial charge on any atom is -0.350 e. The molecule has 1 aliphatic rings. The van der Waals surface area contributed by atoms with Crippen molar-refractivity contribution in [3.63, 3.8) is 0 Å². The van der Waals surface area contributed by atoms with Gasteiger partial charge in [0.2, 0.25) is 5.44 Å². The molecule has 1 radical (unpaired) electrons. The second-order valence-electron chi connectivity index (χ2n) is 1.56. The summed E-state index contributed by atoms with van der Waals surface area (Å²) in [4.78, 5) is 0. The van der Waals surface area contributed by atoms with Gasteiger partial charge in [-0.1, -0.05) is 0 Å². The van der Waals surface area contributed by atoms with Crippen LogP contribution in [-0.4, -0.2) is 24.5 Å². The molecule has 0 aromatic heterocycles. The first kappa shape index (κ1) is 6.00. The highest BCUT2D eigenvalue weighted by Crippen LogP contribution is 2.24. The first-order chi connectivity index (χ1) is 3.52. The maximum absolute atomic E-state index is 9.99. The maximum atomic E-state index is 9.99. The third kappa shape index (κ3) is 0.988. The van der Waals surface area contributed by atoms with Crippen LogP contribution in [0, 0.1) is 6.92 Å². The molecule has 0 aromatic carbocycles. The fourth-order valence-electron chi connectivity index (χ4n) is 0.389. The van der Waals surface area contributed by atoms with E-state index in [1.807, 2.05) is 0 Å². The molecule has 1 fully saturated rings. The van der Waals surface area contributed by atoms with Gasteiger partial charge in [0.15, 0.2) is 0 Å². The van der Waals surface area contributed by atoms with Gasteiger partial charge in [-0.15, -0.1) is 0 Å². The number of hydrogen-bond donors (Lipinski definition) is 1. The lowest BCUT2D eigenvalue weighted by Gasteiger charge is -1.81. The van der Waals surface area contributed by atoms with Gasteiger partial charge >= 0.3 is 0 Å². The Kier molecular flexibility index (Phi) is 1.07. The molecule has 0 aliphatic carbocycles. The zero-order valence-corrected chi connectivity index (χ0v) is 4.76. The normalized spacial score (nSPS) is 37.2. The third-order valence-electron chi connectivity index (χ3n) is 0.829. The SMILES string of the molecule is [CH2]C1OC1S(=O)(=O)O. The summed E-state index contributed by atoms with van der Waals surface area (Å²) < 4.78 is 32.5. The summed E-state index contributed by atoms with van der Waals surface area (Å²) in [6.07, 6.45) is -0.579. The van der Waals surface area contributed by atoms with Crippen molar-refractivity contribution in [3.8, 4) is 0 Å². The summed E-state index contributed by atoms with van der Waals surface area (Å²) in [5.41, 5.74) is -1.07. The molecule has 0 amide bonds. The Morgan fingerprint density at radius 3 is 2.00 bits per heavy atom. The molecular weight excluding hydrogens is 132 g/mol. The van der Waals surface area contributed by atoms with Crippen LogP contribution in [0.1, 0.15) is 0 Å². The molecule has 0 spiro atoms. The summed E-state index contributed by atoms with van der Waals surface area (Å²) in [6, 6.07) is 0. The van der Waals surface area contributed by atoms with Crippen molar-refractivity contribution >= 4 is 10.1 Å². The van der Waals surface area contributed by atoms with Crippen LogP contribution in [0.15, 0.2) is 0 Å². The number of epoxide rings is 1. The van der Waals surface area contributed by atoms with Gasteiger partial charge in [0.05, 0.1) is 0 Å². The molecule has 4 nitrogen and oxygen atoms in total. The zero-order valence-electron chi connectivity index (χ0n) is 3.94. The van der Waals surface area contributed by atoms with E-state index in [9.17, 15) is 8.42 Å². The van der Waals surface area contributed by atoms with Gasteiger partial charge in [-0.2, -0.15) is 8.42 Å². The zero-order chi connectivity index (χ0) is 6.36. The predicted molar refractivity (Wildman–Crippen MR) is 25.6 cm³/mol. The van der Waals surface area contributed by atoms with E-state index >= 15 is 0 Å². The van der Waals surface area contributed by atoms with Crippen molar-refractivity contribution < 1.29 is 17.7 Å². The Hall–Kier alpha value is -0.130. The van der Waals surface area contributed by atoms with Crippen molar-refractivity contribution in [2.24, 2.45) is 0 Å². The second kappa shape index (κ2) is 1.43. The number of ether oxygens (including phenoxy) is 1. The molecule has 5 heteroatoms. The van der Waals surface area contributed by atoms with Gasteiger partial charge in [-0.25, -0.2) is 0 Å². The summed E-state index contributed by atoms with van der Waals surface area (Å²) in [5, 5.41) is 0. The Morgan fingerprint density at radius 1 is 1.62 bits per heavy atom. The van der Waals surface area contributed by atoms with E-state index in [4.69, 9.17) is 4.55 Å². The van der Waals surface area contributed by atoms with E-state index in [0.29, 0.717) is 0 Å². The van der Waals surface area contributed by atoms with Crippen molar-refractivity contribution in [2.75, 3.05) is 0 Å². The quantitative estimate of drug-likeness (QED) is 0.388. The highest BCUT2D eigenvalue weighted by molar-refractivity contribution is 7.86. The molecule has 2 atom stereocenters. The Labute approximate surface area is 47.2 Å². The van der Waals surface area contributed by atoms with Crippen LogP contribution in [0.25, 0.3) is 0 Å². The van der Waals surface area contributed by atoms with Crippen molar-refractivity contribution in [3.05, 3.63) is 6.92 Å². The minimum absolute atomic E-state index is 0.579. The average molecular weight is 137 g/mol. The van der Waals surface area contributed by atoms with Gasteiger partial charge in [-0.05, 0) is 6.92 Å². The van der Waals surface area contributed by atoms with Gasteiger partial charge in [0.1, 0.15) is 6.10 Å². The lowest BCUT2D eigenvalue weighted by Crippen LogP contribution is -2.07. The van der Waals surface area contributed by atoms with Crippen LogP contribution in [0.2, 0.25) is 0 Å². The van der Waals surface area contributed by atoms with E-state index in [2.05, 4.69) is 11.7 Å². The van der Waals surface area contributed by atoms with E-state index in [1.54, 1.807) is 0 Å². The summed E-state index contributed by atoms with van der Waals surface area (Å²) in [5.74, 6) is 0. The lowest BCUT2D eigenvalue weighted by molar-refractivity contribution is 0.396. The van der Waals surface area contributed by atoms with Crippen molar-refractivity contribution in [1.29, 1.82) is 0 Å². The lowest BCUT2D eigenvalue weighted by atomic mass is 10.6. The molecule has 0 saturated carbocycles.